The lowest BCUT2D eigenvalue weighted by Crippen LogP contribution is -3.12. The Morgan fingerprint density at radius 2 is 2.17 bits per heavy atom. The molecular formula is C13H19N2O3+. The molecule has 1 aromatic rings. The number of nitrogens with one attached hydrogen (secondary N) is 2. The van der Waals surface area contributed by atoms with E-state index in [0.29, 0.717) is 0 Å². The van der Waals surface area contributed by atoms with Crippen LogP contribution in [0.4, 0.5) is 0 Å². The van der Waals surface area contributed by atoms with Gasteiger partial charge in [-0.25, -0.2) is 0 Å². The zero-order valence-corrected chi connectivity index (χ0v) is 10.9. The summed E-state index contributed by atoms with van der Waals surface area (Å²) in [5.74, 6) is 1.62. The Bertz CT molecular complexity index is 448. The summed E-state index contributed by atoms with van der Waals surface area (Å²) in [6.07, 6.45) is 0. The van der Waals surface area contributed by atoms with Gasteiger partial charge in [-0.3, -0.25) is 4.79 Å². The molecule has 0 aliphatic carbocycles. The highest BCUT2D eigenvalue weighted by atomic mass is 16.7. The van der Waals surface area contributed by atoms with Crippen LogP contribution in [-0.2, 0) is 11.3 Å². The number of benzene rings is 1. The normalized spacial score (nSPS) is 16.2. The van der Waals surface area contributed by atoms with Gasteiger partial charge in [-0.1, -0.05) is 0 Å². The highest BCUT2D eigenvalue weighted by Gasteiger charge is 2.21. The van der Waals surface area contributed by atoms with Crippen LogP contribution in [0.25, 0.3) is 0 Å². The second-order valence-corrected chi connectivity index (χ2v) is 4.55. The zero-order chi connectivity index (χ0) is 13.1. The van der Waals surface area contributed by atoms with Gasteiger partial charge in [0.2, 0.25) is 6.79 Å². The molecule has 1 aliphatic heterocycles. The Morgan fingerprint density at radius 1 is 1.44 bits per heavy atom. The van der Waals surface area contributed by atoms with E-state index in [2.05, 4.69) is 5.32 Å². The Hall–Kier alpha value is -1.75. The quantitative estimate of drug-likeness (QED) is 0.763. The molecule has 0 fully saturated rings. The molecule has 1 aromatic carbocycles. The lowest BCUT2D eigenvalue weighted by Gasteiger charge is -2.20. The number of quaternary nitrogens is 1. The van der Waals surface area contributed by atoms with Gasteiger partial charge >= 0.3 is 0 Å². The van der Waals surface area contributed by atoms with Crippen molar-refractivity contribution >= 4 is 5.91 Å². The maximum absolute atomic E-state index is 11.6. The maximum atomic E-state index is 11.6. The summed E-state index contributed by atoms with van der Waals surface area (Å²) in [7, 11) is 3.66. The fourth-order valence-corrected chi connectivity index (χ4v) is 1.97. The molecule has 1 aliphatic rings. The SMILES string of the molecule is CNC(=O)[C@H](C)[NH+](C)Cc1ccc2c(c1)OCO2. The molecule has 2 atom stereocenters. The van der Waals surface area contributed by atoms with Crippen LogP contribution in [-0.4, -0.2) is 32.8 Å². The standard InChI is InChI=1S/C13H18N2O3/c1-9(13(16)14-2)15(3)7-10-4-5-11-12(6-10)18-8-17-11/h4-6,9H,7-8H2,1-3H3,(H,14,16)/p+1/t9-/m0/s1. The lowest BCUT2D eigenvalue weighted by molar-refractivity contribution is -0.908. The van der Waals surface area contributed by atoms with Gasteiger partial charge in [0.05, 0.1) is 7.05 Å². The van der Waals surface area contributed by atoms with Crippen molar-refractivity contribution in [3.8, 4) is 11.5 Å². The van der Waals surface area contributed by atoms with Gasteiger partial charge in [-0.2, -0.15) is 0 Å². The van der Waals surface area contributed by atoms with Crippen LogP contribution in [0.3, 0.4) is 0 Å². The van der Waals surface area contributed by atoms with Crippen molar-refractivity contribution in [3.63, 3.8) is 0 Å². The molecule has 1 amide bonds. The molecule has 0 saturated carbocycles. The smallest absolute Gasteiger partial charge is 0.277 e. The Labute approximate surface area is 107 Å². The fourth-order valence-electron chi connectivity index (χ4n) is 1.97. The first-order valence-electron chi connectivity index (χ1n) is 6.04. The van der Waals surface area contributed by atoms with Gasteiger partial charge in [0, 0.05) is 12.6 Å². The van der Waals surface area contributed by atoms with Crippen molar-refractivity contribution < 1.29 is 19.2 Å². The number of hydrogen-bond donors (Lipinski definition) is 2. The molecule has 98 valence electrons. The Kier molecular flexibility index (Phi) is 3.72. The van der Waals surface area contributed by atoms with Crippen molar-refractivity contribution in [1.82, 2.24) is 5.32 Å². The highest BCUT2D eigenvalue weighted by Crippen LogP contribution is 2.32. The third-order valence-electron chi connectivity index (χ3n) is 3.30. The molecule has 1 unspecified atom stereocenters. The molecule has 2 rings (SSSR count). The molecule has 0 saturated heterocycles. The Balaban J connectivity index is 2.03. The number of fused-ring (bicyclic) bond motifs is 1. The molecule has 1 heterocycles. The topological polar surface area (TPSA) is 52.0 Å². The molecule has 0 aromatic heterocycles. The minimum atomic E-state index is -0.0829. The van der Waals surface area contributed by atoms with Crippen LogP contribution in [0, 0.1) is 0 Å². The molecule has 0 radical (unpaired) electrons. The molecular weight excluding hydrogens is 232 g/mol. The van der Waals surface area contributed by atoms with E-state index in [1.165, 1.54) is 0 Å². The van der Waals surface area contributed by atoms with E-state index >= 15 is 0 Å². The van der Waals surface area contributed by atoms with Crippen LogP contribution in [0.15, 0.2) is 18.2 Å². The predicted molar refractivity (Wildman–Crippen MR) is 66.7 cm³/mol. The van der Waals surface area contributed by atoms with E-state index in [1.54, 1.807) is 7.05 Å². The van der Waals surface area contributed by atoms with Crippen LogP contribution in [0.1, 0.15) is 12.5 Å². The highest BCUT2D eigenvalue weighted by molar-refractivity contribution is 5.79. The van der Waals surface area contributed by atoms with E-state index in [-0.39, 0.29) is 18.7 Å². The van der Waals surface area contributed by atoms with Crippen LogP contribution in [0.5, 0.6) is 11.5 Å². The fraction of sp³-hybridized carbons (Fsp3) is 0.462. The van der Waals surface area contributed by atoms with Gasteiger partial charge in [0.15, 0.2) is 17.5 Å². The average Bonchev–Trinajstić information content (AvgIpc) is 2.84. The summed E-state index contributed by atoms with van der Waals surface area (Å²) >= 11 is 0. The first kappa shape index (κ1) is 12.7. The molecule has 5 heteroatoms. The lowest BCUT2D eigenvalue weighted by atomic mass is 10.1. The van der Waals surface area contributed by atoms with Crippen molar-refractivity contribution in [2.45, 2.75) is 19.5 Å². The molecule has 2 N–H and O–H groups in total. The summed E-state index contributed by atoms with van der Waals surface area (Å²) in [4.78, 5) is 12.7. The van der Waals surface area contributed by atoms with Gasteiger partial charge < -0.3 is 19.7 Å². The summed E-state index contributed by atoms with van der Waals surface area (Å²) in [6.45, 7) is 2.97. The van der Waals surface area contributed by atoms with Gasteiger partial charge in [-0.15, -0.1) is 0 Å². The van der Waals surface area contributed by atoms with Crippen LogP contribution in [0.2, 0.25) is 0 Å². The number of ether oxygens (including phenoxy) is 2. The third-order valence-corrected chi connectivity index (χ3v) is 3.30. The largest absolute Gasteiger partial charge is 0.454 e. The number of rotatable bonds is 4. The average molecular weight is 251 g/mol. The second kappa shape index (κ2) is 5.27. The van der Waals surface area contributed by atoms with Crippen molar-refractivity contribution in [3.05, 3.63) is 23.8 Å². The number of amides is 1. The molecule has 5 nitrogen and oxygen atoms in total. The van der Waals surface area contributed by atoms with E-state index in [1.807, 2.05) is 32.2 Å². The zero-order valence-electron chi connectivity index (χ0n) is 10.9. The number of hydrogen-bond acceptors (Lipinski definition) is 3. The minimum Gasteiger partial charge on any atom is -0.454 e. The van der Waals surface area contributed by atoms with E-state index in [0.717, 1.165) is 28.5 Å². The van der Waals surface area contributed by atoms with Crippen molar-refractivity contribution in [2.75, 3.05) is 20.9 Å². The molecule has 0 bridgehead atoms. The van der Waals surface area contributed by atoms with Crippen molar-refractivity contribution in [2.24, 2.45) is 0 Å². The predicted octanol–water partition coefficient (Wildman–Crippen LogP) is -0.435. The van der Waals surface area contributed by atoms with Crippen molar-refractivity contribution in [1.29, 1.82) is 0 Å². The number of likely N-dealkylation sites (N-methyl/N-ethyl adjacent to an activating group) is 2. The van der Waals surface area contributed by atoms with Gasteiger partial charge in [0.1, 0.15) is 6.54 Å². The molecule has 0 spiro atoms. The van der Waals surface area contributed by atoms with E-state index < -0.39 is 0 Å². The minimum absolute atomic E-state index is 0.0493. The monoisotopic (exact) mass is 251 g/mol. The number of carbonyl (C=O) groups is 1. The maximum Gasteiger partial charge on any atom is 0.277 e. The summed E-state index contributed by atoms with van der Waals surface area (Å²) in [5, 5.41) is 2.67. The summed E-state index contributed by atoms with van der Waals surface area (Å²) < 4.78 is 10.6. The Morgan fingerprint density at radius 3 is 2.89 bits per heavy atom. The van der Waals surface area contributed by atoms with Crippen LogP contribution >= 0.6 is 0 Å². The summed E-state index contributed by atoms with van der Waals surface area (Å²) in [5.41, 5.74) is 1.13. The van der Waals surface area contributed by atoms with Gasteiger partial charge in [-0.05, 0) is 25.1 Å². The first-order valence-corrected chi connectivity index (χ1v) is 6.04. The molecule has 18 heavy (non-hydrogen) atoms. The number of carbonyl (C=O) groups excluding carboxylic acids is 1. The van der Waals surface area contributed by atoms with Crippen LogP contribution < -0.4 is 19.7 Å². The van der Waals surface area contributed by atoms with E-state index in [9.17, 15) is 4.79 Å². The van der Waals surface area contributed by atoms with Gasteiger partial charge in [0.25, 0.3) is 5.91 Å². The van der Waals surface area contributed by atoms with E-state index in [4.69, 9.17) is 9.47 Å². The third kappa shape index (κ3) is 2.56. The second-order valence-electron chi connectivity index (χ2n) is 4.55. The first-order chi connectivity index (χ1) is 8.61. The summed E-state index contributed by atoms with van der Waals surface area (Å²) in [6, 6.07) is 5.81.